The highest BCUT2D eigenvalue weighted by Gasteiger charge is 2.22. The molecule has 1 aromatic carbocycles. The van der Waals surface area contributed by atoms with E-state index >= 15 is 0 Å². The van der Waals surface area contributed by atoms with Crippen molar-refractivity contribution in [3.05, 3.63) is 29.8 Å². The maximum Gasteiger partial charge on any atom is 0.305 e. The number of amides is 2. The van der Waals surface area contributed by atoms with E-state index in [1.807, 2.05) is 6.92 Å². The van der Waals surface area contributed by atoms with Crippen LogP contribution in [0.2, 0.25) is 0 Å². The Morgan fingerprint density at radius 1 is 1.18 bits per heavy atom. The lowest BCUT2D eigenvalue weighted by molar-refractivity contribution is -0.138. The number of hydrogen-bond donors (Lipinski definition) is 5. The minimum Gasteiger partial charge on any atom is -0.481 e. The maximum atomic E-state index is 12.1. The average Bonchev–Trinajstić information content (AvgIpc) is 2.64. The fourth-order valence-electron chi connectivity index (χ4n) is 2.55. The molecule has 2 amide bonds. The monoisotopic (exact) mass is 392 g/mol. The summed E-state index contributed by atoms with van der Waals surface area (Å²) in [6, 6.07) is 5.94. The molecule has 154 valence electrons. The van der Waals surface area contributed by atoms with Crippen molar-refractivity contribution in [3.8, 4) is 0 Å². The first kappa shape index (κ1) is 23.1. The summed E-state index contributed by atoms with van der Waals surface area (Å²) < 4.78 is 5.00. The van der Waals surface area contributed by atoms with Crippen molar-refractivity contribution in [2.45, 2.75) is 38.6 Å². The third-order valence-corrected chi connectivity index (χ3v) is 4.26. The predicted molar refractivity (Wildman–Crippen MR) is 105 cm³/mol. The number of benzene rings is 1. The van der Waals surface area contributed by atoms with E-state index in [2.05, 4.69) is 10.6 Å². The highest BCUT2D eigenvalue weighted by Crippen LogP contribution is 2.13. The second kappa shape index (κ2) is 11.7. The Balaban J connectivity index is 2.50. The largest absolute Gasteiger partial charge is 0.481 e. The van der Waals surface area contributed by atoms with E-state index in [1.165, 1.54) is 0 Å². The highest BCUT2D eigenvalue weighted by molar-refractivity contribution is 5.96. The Kier molecular flexibility index (Phi) is 9.66. The van der Waals surface area contributed by atoms with Crippen LogP contribution in [-0.4, -0.2) is 48.5 Å². The van der Waals surface area contributed by atoms with Crippen LogP contribution in [0.1, 0.15) is 38.2 Å². The van der Waals surface area contributed by atoms with Crippen LogP contribution in [-0.2, 0) is 19.1 Å². The molecular weight excluding hydrogens is 364 g/mol. The van der Waals surface area contributed by atoms with Crippen LogP contribution < -0.4 is 16.4 Å². The average molecular weight is 392 g/mol. The number of carboxylic acid groups (broad SMARTS) is 1. The van der Waals surface area contributed by atoms with Gasteiger partial charge in [0.2, 0.25) is 11.8 Å². The van der Waals surface area contributed by atoms with E-state index in [-0.39, 0.29) is 42.8 Å². The number of carbonyl (C=O) groups excluding carboxylic acids is 2. The molecule has 9 nitrogen and oxygen atoms in total. The van der Waals surface area contributed by atoms with Gasteiger partial charge >= 0.3 is 5.97 Å². The molecule has 1 aromatic rings. The molecule has 0 heterocycles. The molecule has 2 unspecified atom stereocenters. The lowest BCUT2D eigenvalue weighted by atomic mass is 9.95. The minimum atomic E-state index is -0.999. The third kappa shape index (κ3) is 8.63. The van der Waals surface area contributed by atoms with E-state index in [4.69, 9.17) is 21.0 Å². The molecule has 0 saturated carbocycles. The Labute approximate surface area is 164 Å². The number of carboxylic acids is 1. The van der Waals surface area contributed by atoms with Gasteiger partial charge in [0.1, 0.15) is 5.84 Å². The number of ether oxygens (including phenoxy) is 1. The van der Waals surface area contributed by atoms with Crippen LogP contribution >= 0.6 is 0 Å². The zero-order chi connectivity index (χ0) is 21.1. The second-order valence-electron chi connectivity index (χ2n) is 6.57. The lowest BCUT2D eigenvalue weighted by Crippen LogP contribution is -2.41. The van der Waals surface area contributed by atoms with Crippen LogP contribution in [0, 0.1) is 11.3 Å². The van der Waals surface area contributed by atoms with Gasteiger partial charge in [0.25, 0.3) is 0 Å². The van der Waals surface area contributed by atoms with Crippen molar-refractivity contribution >= 4 is 29.3 Å². The Morgan fingerprint density at radius 3 is 2.32 bits per heavy atom. The molecule has 0 aliphatic heterocycles. The number of rotatable bonds is 12. The fourth-order valence-corrected chi connectivity index (χ4v) is 2.55. The molecule has 0 bridgehead atoms. The molecular formula is C19H28N4O5. The molecule has 28 heavy (non-hydrogen) atoms. The topological polar surface area (TPSA) is 155 Å². The van der Waals surface area contributed by atoms with Gasteiger partial charge in [-0.15, -0.1) is 0 Å². The summed E-state index contributed by atoms with van der Waals surface area (Å²) in [5.74, 6) is -1.86. The number of nitrogens with one attached hydrogen (secondary N) is 3. The van der Waals surface area contributed by atoms with Gasteiger partial charge in [-0.3, -0.25) is 19.8 Å². The first-order valence-corrected chi connectivity index (χ1v) is 8.97. The van der Waals surface area contributed by atoms with Crippen LogP contribution in [0.4, 0.5) is 5.69 Å². The standard InChI is InChI=1S/C19H28N4O5/c1-12(9-10-28-2)15(11-18(26)27)23-17(25)8-7-16(24)22-14-5-3-13(4-6-14)19(20)21/h3-6,12,15H,7-11H2,1-2H3,(H3,20,21)(H,22,24)(H,23,25)(H,26,27). The van der Waals surface area contributed by atoms with Gasteiger partial charge in [-0.05, 0) is 36.6 Å². The number of anilines is 1. The van der Waals surface area contributed by atoms with Crippen LogP contribution in [0.25, 0.3) is 0 Å². The summed E-state index contributed by atoms with van der Waals surface area (Å²) in [5.41, 5.74) is 6.45. The van der Waals surface area contributed by atoms with Crippen molar-refractivity contribution in [1.29, 1.82) is 5.41 Å². The molecule has 0 aliphatic rings. The van der Waals surface area contributed by atoms with E-state index in [1.54, 1.807) is 31.4 Å². The minimum absolute atomic E-state index is 0.0352. The van der Waals surface area contributed by atoms with Gasteiger partial charge in [0.05, 0.1) is 6.42 Å². The highest BCUT2D eigenvalue weighted by atomic mass is 16.5. The van der Waals surface area contributed by atoms with Gasteiger partial charge in [0, 0.05) is 43.9 Å². The summed E-state index contributed by atoms with van der Waals surface area (Å²) in [6.45, 7) is 2.32. The molecule has 9 heteroatoms. The third-order valence-electron chi connectivity index (χ3n) is 4.26. The smallest absolute Gasteiger partial charge is 0.305 e. The fraction of sp³-hybridized carbons (Fsp3) is 0.474. The summed E-state index contributed by atoms with van der Waals surface area (Å²) in [6.07, 6.45) is 0.341. The van der Waals surface area contributed by atoms with Crippen LogP contribution in [0.15, 0.2) is 24.3 Å². The normalized spacial score (nSPS) is 12.6. The van der Waals surface area contributed by atoms with Crippen molar-refractivity contribution in [2.75, 3.05) is 19.0 Å². The molecule has 0 fully saturated rings. The molecule has 2 atom stereocenters. The SMILES string of the molecule is COCCC(C)C(CC(=O)O)NC(=O)CCC(=O)Nc1ccc(C(=N)N)cc1. The van der Waals surface area contributed by atoms with Gasteiger partial charge in [-0.2, -0.15) is 0 Å². The molecule has 0 radical (unpaired) electrons. The summed E-state index contributed by atoms with van der Waals surface area (Å²) in [5, 5.41) is 21.7. The van der Waals surface area contributed by atoms with Gasteiger partial charge < -0.3 is 26.2 Å². The van der Waals surface area contributed by atoms with Crippen molar-refractivity contribution < 1.29 is 24.2 Å². The number of aliphatic carboxylic acids is 1. The first-order valence-electron chi connectivity index (χ1n) is 8.97. The lowest BCUT2D eigenvalue weighted by Gasteiger charge is -2.23. The van der Waals surface area contributed by atoms with Crippen LogP contribution in [0.5, 0.6) is 0 Å². The number of methoxy groups -OCH3 is 1. The number of hydrogen-bond acceptors (Lipinski definition) is 5. The van der Waals surface area contributed by atoms with Gasteiger partial charge in [0.15, 0.2) is 0 Å². The summed E-state index contributed by atoms with van der Waals surface area (Å²) in [4.78, 5) is 35.2. The van der Waals surface area contributed by atoms with Crippen molar-refractivity contribution in [3.63, 3.8) is 0 Å². The Hall–Kier alpha value is -2.94. The Morgan fingerprint density at radius 2 is 1.79 bits per heavy atom. The number of amidine groups is 1. The summed E-state index contributed by atoms with van der Waals surface area (Å²) in [7, 11) is 1.56. The van der Waals surface area contributed by atoms with E-state index in [0.29, 0.717) is 24.3 Å². The van der Waals surface area contributed by atoms with Gasteiger partial charge in [-0.25, -0.2) is 0 Å². The predicted octanol–water partition coefficient (Wildman–Crippen LogP) is 1.32. The zero-order valence-corrected chi connectivity index (χ0v) is 16.2. The molecule has 0 aromatic heterocycles. The van der Waals surface area contributed by atoms with Crippen molar-refractivity contribution in [1.82, 2.24) is 5.32 Å². The van der Waals surface area contributed by atoms with Crippen LogP contribution in [0.3, 0.4) is 0 Å². The molecule has 6 N–H and O–H groups in total. The second-order valence-corrected chi connectivity index (χ2v) is 6.57. The van der Waals surface area contributed by atoms with Gasteiger partial charge in [-0.1, -0.05) is 6.92 Å². The number of nitrogen functional groups attached to an aromatic ring is 1. The number of carbonyl (C=O) groups is 3. The number of nitrogens with two attached hydrogens (primary N) is 1. The van der Waals surface area contributed by atoms with E-state index < -0.39 is 12.0 Å². The van der Waals surface area contributed by atoms with E-state index in [0.717, 1.165) is 0 Å². The summed E-state index contributed by atoms with van der Waals surface area (Å²) >= 11 is 0. The van der Waals surface area contributed by atoms with E-state index in [9.17, 15) is 14.4 Å². The molecule has 0 saturated heterocycles. The molecule has 0 aliphatic carbocycles. The quantitative estimate of drug-likeness (QED) is 0.267. The Bertz CT molecular complexity index is 690. The molecule has 0 spiro atoms. The van der Waals surface area contributed by atoms with Crippen molar-refractivity contribution in [2.24, 2.45) is 11.7 Å². The first-order chi connectivity index (χ1) is 13.2. The zero-order valence-electron chi connectivity index (χ0n) is 16.2. The molecule has 1 rings (SSSR count). The maximum absolute atomic E-state index is 12.1.